The fourth-order valence-electron chi connectivity index (χ4n) is 0.814. The highest BCUT2D eigenvalue weighted by Crippen LogP contribution is 2.13. The largest absolute Gasteiger partial charge is 0.375 e. The summed E-state index contributed by atoms with van der Waals surface area (Å²) in [6, 6.07) is 0. The average Bonchev–Trinajstić information content (AvgIpc) is 2.18. The van der Waals surface area contributed by atoms with E-state index in [0.717, 1.165) is 5.06 Å². The van der Waals surface area contributed by atoms with Crippen molar-refractivity contribution in [2.75, 3.05) is 0 Å². The molecule has 0 bridgehead atoms. The molecular weight excluding hydrogens is 146 g/mol. The Labute approximate surface area is 64.4 Å². The smallest absolute Gasteiger partial charge is 0.263 e. The quantitative estimate of drug-likeness (QED) is 0.433. The summed E-state index contributed by atoms with van der Waals surface area (Å²) < 4.78 is 0. The molecule has 1 aliphatic rings. The van der Waals surface area contributed by atoms with Crippen molar-refractivity contribution in [2.45, 2.75) is 19.8 Å². The number of rotatable bonds is 2. The Morgan fingerprint density at radius 3 is 2.27 bits per heavy atom. The van der Waals surface area contributed by atoms with Gasteiger partial charge >= 0.3 is 0 Å². The average molecular weight is 155 g/mol. The number of hydrogen-bond donors (Lipinski definition) is 0. The topological polar surface area (TPSA) is 46.6 Å². The van der Waals surface area contributed by atoms with Gasteiger partial charge in [0.1, 0.15) is 5.76 Å². The maximum atomic E-state index is 10.9. The molecule has 0 N–H and O–H groups in total. The predicted molar refractivity (Wildman–Crippen MR) is 37.0 cm³/mol. The maximum Gasteiger partial charge on any atom is 0.263 e. The van der Waals surface area contributed by atoms with Crippen LogP contribution in [-0.4, -0.2) is 16.9 Å². The molecule has 1 aliphatic heterocycles. The molecule has 0 aromatic rings. The molecular formula is C7H9NO3. The lowest BCUT2D eigenvalue weighted by Gasteiger charge is -2.12. The fourth-order valence-corrected chi connectivity index (χ4v) is 0.814. The summed E-state index contributed by atoms with van der Waals surface area (Å²) in [4.78, 5) is 26.5. The highest BCUT2D eigenvalue weighted by molar-refractivity contribution is 6.00. The van der Waals surface area contributed by atoms with E-state index in [1.807, 2.05) is 0 Å². The van der Waals surface area contributed by atoms with Gasteiger partial charge in [-0.1, -0.05) is 6.58 Å². The van der Waals surface area contributed by atoms with Gasteiger partial charge in [0.15, 0.2) is 0 Å². The normalized spacial score (nSPS) is 17.4. The first-order chi connectivity index (χ1) is 5.11. The summed E-state index contributed by atoms with van der Waals surface area (Å²) in [7, 11) is 0. The molecule has 0 spiro atoms. The van der Waals surface area contributed by atoms with E-state index in [0.29, 0.717) is 5.76 Å². The molecule has 60 valence electrons. The number of nitrogens with zero attached hydrogens (tertiary/aromatic N) is 1. The molecule has 2 amide bonds. The standard InChI is InChI=1S/C7H9NO3/c1-5(2)11-8-6(9)3-4-7(8)10/h1,3-4H2,2H3. The van der Waals surface area contributed by atoms with Gasteiger partial charge in [-0.2, -0.15) is 0 Å². The van der Waals surface area contributed by atoms with Gasteiger partial charge in [0.2, 0.25) is 0 Å². The van der Waals surface area contributed by atoms with Crippen LogP contribution >= 0.6 is 0 Å². The van der Waals surface area contributed by atoms with Crippen LogP contribution in [0.1, 0.15) is 19.8 Å². The van der Waals surface area contributed by atoms with Gasteiger partial charge in [-0.15, -0.1) is 5.06 Å². The molecule has 0 radical (unpaired) electrons. The van der Waals surface area contributed by atoms with Crippen molar-refractivity contribution in [3.63, 3.8) is 0 Å². The third kappa shape index (κ3) is 1.58. The molecule has 0 atom stereocenters. The molecule has 4 nitrogen and oxygen atoms in total. The first-order valence-electron chi connectivity index (χ1n) is 3.30. The number of hydroxylamine groups is 2. The first-order valence-corrected chi connectivity index (χ1v) is 3.30. The Balaban J connectivity index is 2.62. The maximum absolute atomic E-state index is 10.9. The Morgan fingerprint density at radius 2 is 1.91 bits per heavy atom. The van der Waals surface area contributed by atoms with Crippen LogP contribution in [0, 0.1) is 0 Å². The van der Waals surface area contributed by atoms with Gasteiger partial charge in [0.25, 0.3) is 11.8 Å². The van der Waals surface area contributed by atoms with E-state index in [9.17, 15) is 9.59 Å². The molecule has 0 aliphatic carbocycles. The van der Waals surface area contributed by atoms with E-state index >= 15 is 0 Å². The van der Waals surface area contributed by atoms with Crippen LogP contribution in [0.2, 0.25) is 0 Å². The zero-order valence-electron chi connectivity index (χ0n) is 6.29. The molecule has 0 aromatic heterocycles. The summed E-state index contributed by atoms with van der Waals surface area (Å²) in [5.41, 5.74) is 0. The summed E-state index contributed by atoms with van der Waals surface area (Å²) in [5.74, 6) is -0.246. The van der Waals surface area contributed by atoms with E-state index < -0.39 is 0 Å². The minimum Gasteiger partial charge on any atom is -0.375 e. The van der Waals surface area contributed by atoms with Crippen LogP contribution in [0.4, 0.5) is 0 Å². The zero-order valence-corrected chi connectivity index (χ0v) is 6.29. The lowest BCUT2D eigenvalue weighted by atomic mass is 10.4. The minimum atomic E-state index is -0.294. The van der Waals surface area contributed by atoms with Crippen molar-refractivity contribution in [1.82, 2.24) is 5.06 Å². The lowest BCUT2D eigenvalue weighted by Crippen LogP contribution is -2.28. The van der Waals surface area contributed by atoms with Gasteiger partial charge in [-0.3, -0.25) is 9.59 Å². The van der Waals surface area contributed by atoms with Crippen molar-refractivity contribution in [1.29, 1.82) is 0 Å². The molecule has 11 heavy (non-hydrogen) atoms. The SMILES string of the molecule is C=C(C)ON1C(=O)CCC1=O. The number of carbonyl (C=O) groups is 2. The number of carbonyl (C=O) groups excluding carboxylic acids is 2. The monoisotopic (exact) mass is 155 g/mol. The summed E-state index contributed by atoms with van der Waals surface area (Å²) in [6.45, 7) is 5.00. The number of imide groups is 1. The third-order valence-electron chi connectivity index (χ3n) is 1.25. The van der Waals surface area contributed by atoms with Crippen molar-refractivity contribution in [3.05, 3.63) is 12.3 Å². The summed E-state index contributed by atoms with van der Waals surface area (Å²) >= 11 is 0. The predicted octanol–water partition coefficient (Wildman–Crippen LogP) is 0.601. The van der Waals surface area contributed by atoms with Crippen LogP contribution < -0.4 is 0 Å². The molecule has 0 saturated carbocycles. The van der Waals surface area contributed by atoms with Crippen LogP contribution in [0.5, 0.6) is 0 Å². The third-order valence-corrected chi connectivity index (χ3v) is 1.25. The first kappa shape index (κ1) is 7.78. The van der Waals surface area contributed by atoms with E-state index in [2.05, 4.69) is 6.58 Å². The Hall–Kier alpha value is -1.32. The zero-order chi connectivity index (χ0) is 8.43. The highest BCUT2D eigenvalue weighted by Gasteiger charge is 2.30. The second kappa shape index (κ2) is 2.74. The van der Waals surface area contributed by atoms with Gasteiger partial charge in [-0.25, -0.2) is 0 Å². The minimum absolute atomic E-state index is 0.242. The number of hydrogen-bond acceptors (Lipinski definition) is 3. The van der Waals surface area contributed by atoms with Crippen LogP contribution in [-0.2, 0) is 14.4 Å². The Morgan fingerprint density at radius 1 is 1.45 bits per heavy atom. The molecule has 1 heterocycles. The van der Waals surface area contributed by atoms with E-state index in [1.54, 1.807) is 6.92 Å². The van der Waals surface area contributed by atoms with Gasteiger partial charge in [-0.05, 0) is 6.92 Å². The van der Waals surface area contributed by atoms with Crippen LogP contribution in [0.25, 0.3) is 0 Å². The molecule has 0 aromatic carbocycles. The molecule has 4 heteroatoms. The number of allylic oxidation sites excluding steroid dienone is 1. The fraction of sp³-hybridized carbons (Fsp3) is 0.429. The molecule has 1 fully saturated rings. The summed E-state index contributed by atoms with van der Waals surface area (Å²) in [5, 5.41) is 0.766. The lowest BCUT2D eigenvalue weighted by molar-refractivity contribution is -0.176. The molecule has 1 rings (SSSR count). The molecule has 0 unspecified atom stereocenters. The van der Waals surface area contributed by atoms with Gasteiger partial charge in [0, 0.05) is 12.8 Å². The van der Waals surface area contributed by atoms with E-state index in [1.165, 1.54) is 0 Å². The Kier molecular flexibility index (Phi) is 1.94. The Bertz CT molecular complexity index is 206. The van der Waals surface area contributed by atoms with E-state index in [4.69, 9.17) is 4.84 Å². The van der Waals surface area contributed by atoms with Gasteiger partial charge in [0.05, 0.1) is 0 Å². The van der Waals surface area contributed by atoms with Crippen molar-refractivity contribution >= 4 is 11.8 Å². The highest BCUT2D eigenvalue weighted by atomic mass is 16.7. The second-order valence-corrected chi connectivity index (χ2v) is 2.38. The van der Waals surface area contributed by atoms with Crippen molar-refractivity contribution < 1.29 is 14.4 Å². The summed E-state index contributed by atoms with van der Waals surface area (Å²) in [6.07, 6.45) is 0.484. The van der Waals surface area contributed by atoms with Crippen LogP contribution in [0.15, 0.2) is 12.3 Å². The van der Waals surface area contributed by atoms with Gasteiger partial charge < -0.3 is 4.84 Å². The van der Waals surface area contributed by atoms with E-state index in [-0.39, 0.29) is 24.7 Å². The second-order valence-electron chi connectivity index (χ2n) is 2.38. The van der Waals surface area contributed by atoms with Crippen LogP contribution in [0.3, 0.4) is 0 Å². The molecule has 1 saturated heterocycles. The van der Waals surface area contributed by atoms with Crippen molar-refractivity contribution in [2.24, 2.45) is 0 Å². The van der Waals surface area contributed by atoms with Crippen molar-refractivity contribution in [3.8, 4) is 0 Å². The number of amides is 2.